The molecular formula is C26H29FN4O3. The summed E-state index contributed by atoms with van der Waals surface area (Å²) in [6.45, 7) is 3.92. The lowest BCUT2D eigenvalue weighted by Crippen LogP contribution is -2.48. The van der Waals surface area contributed by atoms with E-state index >= 15 is 0 Å². The fourth-order valence-electron chi connectivity index (χ4n) is 4.09. The van der Waals surface area contributed by atoms with Gasteiger partial charge in [-0.25, -0.2) is 9.37 Å². The predicted molar refractivity (Wildman–Crippen MR) is 131 cm³/mol. The van der Waals surface area contributed by atoms with Gasteiger partial charge in [-0.05, 0) is 43.3 Å². The molecule has 0 saturated carbocycles. The van der Waals surface area contributed by atoms with Crippen LogP contribution < -0.4 is 19.9 Å². The van der Waals surface area contributed by atoms with Crippen molar-refractivity contribution in [2.45, 2.75) is 13.0 Å². The molecule has 34 heavy (non-hydrogen) atoms. The zero-order valence-electron chi connectivity index (χ0n) is 19.4. The van der Waals surface area contributed by atoms with Crippen LogP contribution in [0.2, 0.25) is 0 Å². The van der Waals surface area contributed by atoms with E-state index in [9.17, 15) is 14.3 Å². The van der Waals surface area contributed by atoms with Crippen molar-refractivity contribution in [1.29, 1.82) is 0 Å². The van der Waals surface area contributed by atoms with Crippen molar-refractivity contribution in [3.8, 4) is 17.0 Å². The van der Waals surface area contributed by atoms with Crippen LogP contribution in [0, 0.1) is 5.82 Å². The molecule has 2 aromatic carbocycles. The maximum absolute atomic E-state index is 14.3. The summed E-state index contributed by atoms with van der Waals surface area (Å²) in [4.78, 5) is 21.9. The lowest BCUT2D eigenvalue weighted by atomic mass is 10.1. The first-order valence-electron chi connectivity index (χ1n) is 11.3. The number of ether oxygens (including phenoxy) is 1. The van der Waals surface area contributed by atoms with Crippen molar-refractivity contribution >= 4 is 17.4 Å². The number of hydrogen-bond donors (Lipinski definition) is 2. The van der Waals surface area contributed by atoms with Gasteiger partial charge in [0.2, 0.25) is 0 Å². The minimum atomic E-state index is -0.382. The van der Waals surface area contributed by atoms with Crippen LogP contribution in [0.5, 0.6) is 5.75 Å². The standard InChI is InChI=1S/C26H29FN4O3/c1-18(17-32)28-26(33)20-11-12-22(19-7-3-6-10-24(19)34-2)29-25(20)31-15-13-30(14-16-31)23-9-5-4-8-21(23)27/h3-12,18,32H,13-17H2,1-2H3,(H,28,33)/t18-/m0/s1. The fourth-order valence-corrected chi connectivity index (χ4v) is 4.09. The quantitative estimate of drug-likeness (QED) is 0.559. The molecule has 1 aliphatic heterocycles. The first-order valence-corrected chi connectivity index (χ1v) is 11.3. The maximum atomic E-state index is 14.3. The molecule has 8 heteroatoms. The lowest BCUT2D eigenvalue weighted by molar-refractivity contribution is 0.0922. The molecule has 178 valence electrons. The van der Waals surface area contributed by atoms with Crippen LogP contribution in [-0.2, 0) is 0 Å². The Morgan fingerprint density at radius 2 is 1.74 bits per heavy atom. The highest BCUT2D eigenvalue weighted by Gasteiger charge is 2.25. The smallest absolute Gasteiger partial charge is 0.255 e. The number of pyridine rings is 1. The summed E-state index contributed by atoms with van der Waals surface area (Å²) >= 11 is 0. The molecule has 0 bridgehead atoms. The van der Waals surface area contributed by atoms with Crippen molar-refractivity contribution in [3.05, 3.63) is 72.0 Å². The number of halogens is 1. The molecule has 2 heterocycles. The van der Waals surface area contributed by atoms with Crippen LogP contribution in [0.25, 0.3) is 11.3 Å². The second-order valence-electron chi connectivity index (χ2n) is 8.25. The molecule has 1 saturated heterocycles. The predicted octanol–water partition coefficient (Wildman–Crippen LogP) is 3.33. The Labute approximate surface area is 198 Å². The molecular weight excluding hydrogens is 435 g/mol. The van der Waals surface area contributed by atoms with Crippen molar-refractivity contribution < 1.29 is 19.0 Å². The Balaban J connectivity index is 1.66. The van der Waals surface area contributed by atoms with Gasteiger partial charge in [0.1, 0.15) is 17.4 Å². The Hall–Kier alpha value is -3.65. The number of anilines is 2. The van der Waals surface area contributed by atoms with E-state index in [0.29, 0.717) is 54.7 Å². The zero-order valence-corrected chi connectivity index (χ0v) is 19.4. The summed E-state index contributed by atoms with van der Waals surface area (Å²) in [6.07, 6.45) is 0. The molecule has 0 spiro atoms. The van der Waals surface area contributed by atoms with E-state index in [1.165, 1.54) is 6.07 Å². The summed E-state index contributed by atoms with van der Waals surface area (Å²) in [5.41, 5.74) is 2.52. The van der Waals surface area contributed by atoms with Crippen LogP contribution in [0.3, 0.4) is 0 Å². The van der Waals surface area contributed by atoms with E-state index in [-0.39, 0.29) is 24.4 Å². The van der Waals surface area contributed by atoms with Crippen LogP contribution in [-0.4, -0.2) is 61.9 Å². The number of carbonyl (C=O) groups is 1. The number of rotatable bonds is 7. The van der Waals surface area contributed by atoms with Gasteiger partial charge >= 0.3 is 0 Å². The van der Waals surface area contributed by atoms with Crippen molar-refractivity contribution in [2.24, 2.45) is 0 Å². The fraction of sp³-hybridized carbons (Fsp3) is 0.308. The van der Waals surface area contributed by atoms with Gasteiger partial charge in [0.25, 0.3) is 5.91 Å². The lowest BCUT2D eigenvalue weighted by Gasteiger charge is -2.37. The second kappa shape index (κ2) is 10.5. The summed E-state index contributed by atoms with van der Waals surface area (Å²) < 4.78 is 19.8. The van der Waals surface area contributed by atoms with E-state index in [1.807, 2.05) is 35.2 Å². The van der Waals surface area contributed by atoms with Crippen LogP contribution in [0.4, 0.5) is 15.9 Å². The van der Waals surface area contributed by atoms with Gasteiger partial charge in [-0.15, -0.1) is 0 Å². The largest absolute Gasteiger partial charge is 0.496 e. The highest BCUT2D eigenvalue weighted by Crippen LogP contribution is 2.32. The SMILES string of the molecule is COc1ccccc1-c1ccc(C(=O)N[C@@H](C)CO)c(N2CCN(c3ccccc3F)CC2)n1. The van der Waals surface area contributed by atoms with Gasteiger partial charge in [0, 0.05) is 37.8 Å². The van der Waals surface area contributed by atoms with E-state index in [2.05, 4.69) is 10.2 Å². The van der Waals surface area contributed by atoms with Gasteiger partial charge < -0.3 is 25.0 Å². The van der Waals surface area contributed by atoms with E-state index in [0.717, 1.165) is 5.56 Å². The van der Waals surface area contributed by atoms with Gasteiger partial charge in [0.15, 0.2) is 0 Å². The van der Waals surface area contributed by atoms with Crippen LogP contribution in [0.1, 0.15) is 17.3 Å². The van der Waals surface area contributed by atoms with E-state index in [1.54, 1.807) is 38.3 Å². The first kappa shape index (κ1) is 23.5. The topological polar surface area (TPSA) is 77.9 Å². The third-order valence-electron chi connectivity index (χ3n) is 5.93. The number of carbonyl (C=O) groups excluding carboxylic acids is 1. The minimum Gasteiger partial charge on any atom is -0.496 e. The summed E-state index contributed by atoms with van der Waals surface area (Å²) in [6, 6.07) is 17.5. The average molecular weight is 465 g/mol. The number of benzene rings is 2. The van der Waals surface area contributed by atoms with Gasteiger partial charge in [-0.1, -0.05) is 24.3 Å². The van der Waals surface area contributed by atoms with E-state index in [4.69, 9.17) is 9.72 Å². The molecule has 0 aliphatic carbocycles. The molecule has 0 unspecified atom stereocenters. The van der Waals surface area contributed by atoms with Crippen molar-refractivity contribution in [3.63, 3.8) is 0 Å². The number of hydrogen-bond acceptors (Lipinski definition) is 6. The molecule has 2 N–H and O–H groups in total. The summed E-state index contributed by atoms with van der Waals surface area (Å²) in [5.74, 6) is 0.702. The number of aliphatic hydroxyl groups excluding tert-OH is 1. The van der Waals surface area contributed by atoms with Gasteiger partial charge in [-0.2, -0.15) is 0 Å². The number of aromatic nitrogens is 1. The number of nitrogens with one attached hydrogen (secondary N) is 1. The van der Waals surface area contributed by atoms with Gasteiger partial charge in [0.05, 0.1) is 30.7 Å². The highest BCUT2D eigenvalue weighted by atomic mass is 19.1. The number of aliphatic hydroxyl groups is 1. The number of amides is 1. The van der Waals surface area contributed by atoms with E-state index < -0.39 is 0 Å². The number of methoxy groups -OCH3 is 1. The molecule has 0 radical (unpaired) electrons. The molecule has 1 fully saturated rings. The molecule has 1 amide bonds. The van der Waals surface area contributed by atoms with Crippen LogP contribution in [0.15, 0.2) is 60.7 Å². The Kier molecular flexibility index (Phi) is 7.27. The maximum Gasteiger partial charge on any atom is 0.255 e. The highest BCUT2D eigenvalue weighted by molar-refractivity contribution is 5.99. The molecule has 1 aliphatic rings. The molecule has 1 aromatic heterocycles. The number of piperazine rings is 1. The number of para-hydroxylation sites is 2. The first-order chi connectivity index (χ1) is 16.5. The second-order valence-corrected chi connectivity index (χ2v) is 8.25. The molecule has 1 atom stereocenters. The Bertz CT molecular complexity index is 1150. The molecule has 3 aromatic rings. The Morgan fingerprint density at radius 1 is 1.06 bits per heavy atom. The van der Waals surface area contributed by atoms with Crippen LogP contribution >= 0.6 is 0 Å². The number of nitrogens with zero attached hydrogens (tertiary/aromatic N) is 3. The third kappa shape index (κ3) is 4.97. The normalized spacial score (nSPS) is 14.6. The van der Waals surface area contributed by atoms with Crippen molar-refractivity contribution in [2.75, 3.05) is 49.7 Å². The Morgan fingerprint density at radius 3 is 2.44 bits per heavy atom. The molecule has 7 nitrogen and oxygen atoms in total. The minimum absolute atomic E-state index is 0.158. The van der Waals surface area contributed by atoms with Gasteiger partial charge in [-0.3, -0.25) is 4.79 Å². The monoisotopic (exact) mass is 464 g/mol. The summed E-state index contributed by atoms with van der Waals surface area (Å²) in [5, 5.41) is 12.2. The zero-order chi connectivity index (χ0) is 24.1. The average Bonchev–Trinajstić information content (AvgIpc) is 2.88. The summed E-state index contributed by atoms with van der Waals surface area (Å²) in [7, 11) is 1.61. The van der Waals surface area contributed by atoms with Crippen molar-refractivity contribution in [1.82, 2.24) is 10.3 Å². The molecule has 4 rings (SSSR count). The third-order valence-corrected chi connectivity index (χ3v) is 5.93.